The summed E-state index contributed by atoms with van der Waals surface area (Å²) in [6.45, 7) is 0.557. The minimum atomic E-state index is -1.26. The largest absolute Gasteiger partial charge is 0.467 e. The molecule has 1 aromatic rings. The fraction of sp³-hybridized carbons (Fsp3) is 0.538. The number of nitrogens with one attached hydrogen (secondary N) is 1. The van der Waals surface area contributed by atoms with E-state index in [0.29, 0.717) is 18.7 Å². The number of methoxy groups -OCH3 is 1. The van der Waals surface area contributed by atoms with E-state index in [1.165, 1.54) is 19.2 Å². The zero-order chi connectivity index (χ0) is 14.3. The molecular formula is C13H20FNO4. The first kappa shape index (κ1) is 15.8. The Labute approximate surface area is 112 Å². The zero-order valence-electron chi connectivity index (χ0n) is 11.1. The van der Waals surface area contributed by atoms with Gasteiger partial charge in [-0.05, 0) is 32.1 Å². The third-order valence-corrected chi connectivity index (χ3v) is 2.69. The van der Waals surface area contributed by atoms with Crippen LogP contribution in [0.4, 0.5) is 4.39 Å². The van der Waals surface area contributed by atoms with Gasteiger partial charge in [0.25, 0.3) is 0 Å². The van der Waals surface area contributed by atoms with E-state index in [0.717, 1.165) is 6.07 Å². The number of aliphatic hydroxyl groups excluding tert-OH is 2. The standard InChI is InChI=1S/C13H20FNO4/c1-15-6-5-12(16)13(17)10-4-3-9(7-11(10)14)19-8-18-2/h3-4,7,12-13,15-17H,5-6,8H2,1-2H3. The van der Waals surface area contributed by atoms with E-state index >= 15 is 0 Å². The predicted octanol–water partition coefficient (Wildman–Crippen LogP) is 0.812. The minimum absolute atomic E-state index is 0.0200. The van der Waals surface area contributed by atoms with Crippen LogP contribution in [0.3, 0.4) is 0 Å². The summed E-state index contributed by atoms with van der Waals surface area (Å²) in [5.74, 6) is -0.315. The number of rotatable bonds is 8. The fourth-order valence-corrected chi connectivity index (χ4v) is 1.62. The number of benzene rings is 1. The van der Waals surface area contributed by atoms with Gasteiger partial charge in [0.05, 0.1) is 6.10 Å². The van der Waals surface area contributed by atoms with Crippen molar-refractivity contribution in [3.8, 4) is 5.75 Å². The maximum absolute atomic E-state index is 13.8. The van der Waals surface area contributed by atoms with Crippen LogP contribution >= 0.6 is 0 Å². The lowest BCUT2D eigenvalue weighted by molar-refractivity contribution is 0.0118. The highest BCUT2D eigenvalue weighted by atomic mass is 19.1. The van der Waals surface area contributed by atoms with Crippen LogP contribution in [0.15, 0.2) is 18.2 Å². The Hall–Kier alpha value is -1.21. The lowest BCUT2D eigenvalue weighted by atomic mass is 10.0. The monoisotopic (exact) mass is 273 g/mol. The number of halogens is 1. The van der Waals surface area contributed by atoms with Gasteiger partial charge >= 0.3 is 0 Å². The highest BCUT2D eigenvalue weighted by Crippen LogP contribution is 2.25. The molecular weight excluding hydrogens is 253 g/mol. The highest BCUT2D eigenvalue weighted by molar-refractivity contribution is 5.30. The van der Waals surface area contributed by atoms with Gasteiger partial charge in [-0.2, -0.15) is 0 Å². The molecule has 0 aliphatic heterocycles. The van der Waals surface area contributed by atoms with E-state index < -0.39 is 18.0 Å². The van der Waals surface area contributed by atoms with Crippen LogP contribution in [-0.4, -0.2) is 43.8 Å². The number of ether oxygens (including phenoxy) is 2. The van der Waals surface area contributed by atoms with E-state index in [-0.39, 0.29) is 12.4 Å². The summed E-state index contributed by atoms with van der Waals surface area (Å²) in [5, 5.41) is 22.5. The van der Waals surface area contributed by atoms with E-state index in [1.807, 2.05) is 0 Å². The van der Waals surface area contributed by atoms with Crippen molar-refractivity contribution in [3.05, 3.63) is 29.6 Å². The highest BCUT2D eigenvalue weighted by Gasteiger charge is 2.21. The molecule has 6 heteroatoms. The summed E-state index contributed by atoms with van der Waals surface area (Å²) in [5.41, 5.74) is 0.0494. The lowest BCUT2D eigenvalue weighted by Gasteiger charge is -2.19. The third-order valence-electron chi connectivity index (χ3n) is 2.69. The predicted molar refractivity (Wildman–Crippen MR) is 68.4 cm³/mol. The second-order valence-electron chi connectivity index (χ2n) is 4.14. The maximum Gasteiger partial charge on any atom is 0.188 e. The first-order chi connectivity index (χ1) is 9.10. The first-order valence-corrected chi connectivity index (χ1v) is 6.02. The van der Waals surface area contributed by atoms with Crippen molar-refractivity contribution in [3.63, 3.8) is 0 Å². The molecule has 0 aliphatic rings. The van der Waals surface area contributed by atoms with Crippen molar-refractivity contribution in [2.45, 2.75) is 18.6 Å². The molecule has 5 nitrogen and oxygen atoms in total. The topological polar surface area (TPSA) is 71.0 Å². The van der Waals surface area contributed by atoms with Gasteiger partial charge in [0.2, 0.25) is 0 Å². The molecule has 19 heavy (non-hydrogen) atoms. The molecule has 0 heterocycles. The molecule has 0 aliphatic carbocycles. The maximum atomic E-state index is 13.8. The van der Waals surface area contributed by atoms with Gasteiger partial charge in [-0.15, -0.1) is 0 Å². The molecule has 0 radical (unpaired) electrons. The number of hydrogen-bond acceptors (Lipinski definition) is 5. The van der Waals surface area contributed by atoms with Gasteiger partial charge in [-0.3, -0.25) is 0 Å². The molecule has 0 bridgehead atoms. The zero-order valence-corrected chi connectivity index (χ0v) is 11.1. The first-order valence-electron chi connectivity index (χ1n) is 6.02. The van der Waals surface area contributed by atoms with Crippen molar-refractivity contribution >= 4 is 0 Å². The summed E-state index contributed by atoms with van der Waals surface area (Å²) >= 11 is 0. The van der Waals surface area contributed by atoms with Crippen molar-refractivity contribution in [1.29, 1.82) is 0 Å². The van der Waals surface area contributed by atoms with Crippen molar-refractivity contribution in [2.75, 3.05) is 27.5 Å². The van der Waals surface area contributed by atoms with Gasteiger partial charge in [-0.25, -0.2) is 4.39 Å². The lowest BCUT2D eigenvalue weighted by Crippen LogP contribution is -2.24. The molecule has 2 unspecified atom stereocenters. The second kappa shape index (κ2) is 8.06. The van der Waals surface area contributed by atoms with Crippen LogP contribution in [0.1, 0.15) is 18.1 Å². The Balaban J connectivity index is 2.72. The van der Waals surface area contributed by atoms with Crippen LogP contribution in [0.2, 0.25) is 0 Å². The minimum Gasteiger partial charge on any atom is -0.467 e. The van der Waals surface area contributed by atoms with Crippen LogP contribution in [0.25, 0.3) is 0 Å². The van der Waals surface area contributed by atoms with E-state index in [4.69, 9.17) is 9.47 Å². The molecule has 0 saturated heterocycles. The number of aliphatic hydroxyl groups is 2. The molecule has 0 fully saturated rings. The van der Waals surface area contributed by atoms with Gasteiger partial charge in [0.1, 0.15) is 17.7 Å². The third kappa shape index (κ3) is 4.76. The summed E-state index contributed by atoms with van der Waals surface area (Å²) in [4.78, 5) is 0. The summed E-state index contributed by atoms with van der Waals surface area (Å²) < 4.78 is 23.6. The normalized spacial score (nSPS) is 14.2. The van der Waals surface area contributed by atoms with Gasteiger partial charge in [0, 0.05) is 18.7 Å². The van der Waals surface area contributed by atoms with Crippen LogP contribution in [0.5, 0.6) is 5.75 Å². The molecule has 108 valence electrons. The van der Waals surface area contributed by atoms with Crippen molar-refractivity contribution in [2.24, 2.45) is 0 Å². The van der Waals surface area contributed by atoms with E-state index in [9.17, 15) is 14.6 Å². The molecule has 0 aromatic heterocycles. The molecule has 0 amide bonds. The Morgan fingerprint density at radius 1 is 1.37 bits per heavy atom. The SMILES string of the molecule is CNCCC(O)C(O)c1ccc(OCOC)cc1F. The van der Waals surface area contributed by atoms with E-state index in [2.05, 4.69) is 5.32 Å². The molecule has 1 aromatic carbocycles. The summed E-state index contributed by atoms with van der Waals surface area (Å²) in [6, 6.07) is 4.07. The summed E-state index contributed by atoms with van der Waals surface area (Å²) in [7, 11) is 3.20. The van der Waals surface area contributed by atoms with Crippen molar-refractivity contribution in [1.82, 2.24) is 5.32 Å². The average molecular weight is 273 g/mol. The van der Waals surface area contributed by atoms with Gasteiger partial charge < -0.3 is 25.0 Å². The summed E-state index contributed by atoms with van der Waals surface area (Å²) in [6.07, 6.45) is -1.95. The van der Waals surface area contributed by atoms with Crippen LogP contribution in [-0.2, 0) is 4.74 Å². The van der Waals surface area contributed by atoms with Gasteiger partial charge in [-0.1, -0.05) is 0 Å². The van der Waals surface area contributed by atoms with Gasteiger partial charge in [0.15, 0.2) is 6.79 Å². The fourth-order valence-electron chi connectivity index (χ4n) is 1.62. The Morgan fingerprint density at radius 2 is 2.11 bits per heavy atom. The van der Waals surface area contributed by atoms with Crippen LogP contribution < -0.4 is 10.1 Å². The molecule has 3 N–H and O–H groups in total. The Kier molecular flexibility index (Phi) is 6.72. The smallest absolute Gasteiger partial charge is 0.188 e. The molecule has 1 rings (SSSR count). The Bertz CT molecular complexity index is 389. The molecule has 0 saturated carbocycles. The quantitative estimate of drug-likeness (QED) is 0.612. The molecule has 2 atom stereocenters. The Morgan fingerprint density at radius 3 is 2.68 bits per heavy atom. The average Bonchev–Trinajstić information content (AvgIpc) is 2.41. The second-order valence-corrected chi connectivity index (χ2v) is 4.14. The van der Waals surface area contributed by atoms with Crippen molar-refractivity contribution < 1.29 is 24.1 Å². The van der Waals surface area contributed by atoms with Crippen LogP contribution in [0, 0.1) is 5.82 Å². The van der Waals surface area contributed by atoms with E-state index in [1.54, 1.807) is 7.05 Å². The molecule has 0 spiro atoms. The number of hydrogen-bond donors (Lipinski definition) is 3.